The van der Waals surface area contributed by atoms with Gasteiger partial charge in [0, 0.05) is 18.9 Å². The van der Waals surface area contributed by atoms with Gasteiger partial charge in [-0.05, 0) is 78.4 Å². The molecular weight excluding hydrogens is 497 g/mol. The normalized spacial score (nSPS) is 10.5. The molecule has 1 N–H and O–H groups in total. The molecule has 0 radical (unpaired) electrons. The molecule has 7 nitrogen and oxygen atoms in total. The summed E-state index contributed by atoms with van der Waals surface area (Å²) in [5.74, 6) is 1.90. The summed E-state index contributed by atoms with van der Waals surface area (Å²) in [5.41, 5.74) is 2.05. The van der Waals surface area contributed by atoms with Crippen molar-refractivity contribution in [2.24, 2.45) is 7.05 Å². The molecule has 1 heterocycles. The average Bonchev–Trinajstić information content (AvgIpc) is 3.07. The third-order valence-corrected chi connectivity index (χ3v) is 4.91. The molecule has 3 rings (SSSR count). The molecule has 3 aromatic rings. The summed E-state index contributed by atoms with van der Waals surface area (Å²) in [6.07, 6.45) is 1.80. The first-order chi connectivity index (χ1) is 14.5. The van der Waals surface area contributed by atoms with Crippen LogP contribution in [0.3, 0.4) is 0 Å². The lowest BCUT2D eigenvalue weighted by molar-refractivity contribution is 0.102. The van der Waals surface area contributed by atoms with Crippen molar-refractivity contribution in [3.8, 4) is 17.2 Å². The number of carbonyl (C=O) groups excluding carboxylic acids is 1. The smallest absolute Gasteiger partial charge is 0.277 e. The molecule has 0 fully saturated rings. The number of hydrogen-bond acceptors (Lipinski definition) is 5. The largest absolute Gasteiger partial charge is 0.490 e. The van der Waals surface area contributed by atoms with Crippen LogP contribution in [0.4, 0.5) is 5.69 Å². The summed E-state index contributed by atoms with van der Waals surface area (Å²) in [6.45, 7) is 5.42. The monoisotopic (exact) mass is 521 g/mol. The fourth-order valence-electron chi connectivity index (χ4n) is 2.79. The van der Waals surface area contributed by atoms with Crippen LogP contribution in [0.25, 0.3) is 0 Å². The van der Waals surface area contributed by atoms with Crippen LogP contribution in [0.1, 0.15) is 29.9 Å². The Kier molecular flexibility index (Phi) is 7.56. The third-order valence-electron chi connectivity index (χ3n) is 4.12. The van der Waals surface area contributed by atoms with Gasteiger partial charge in [-0.2, -0.15) is 5.10 Å². The summed E-state index contributed by atoms with van der Waals surface area (Å²) < 4.78 is 19.5. The second kappa shape index (κ2) is 10.3. The van der Waals surface area contributed by atoms with Crippen LogP contribution in [0.15, 0.2) is 48.7 Å². The number of benzene rings is 2. The highest BCUT2D eigenvalue weighted by Crippen LogP contribution is 2.29. The number of halogens is 1. The predicted octanol–water partition coefficient (Wildman–Crippen LogP) is 4.65. The fourth-order valence-corrected chi connectivity index (χ4v) is 3.55. The zero-order valence-electron chi connectivity index (χ0n) is 17.1. The van der Waals surface area contributed by atoms with E-state index >= 15 is 0 Å². The lowest BCUT2D eigenvalue weighted by Gasteiger charge is -2.13. The Morgan fingerprint density at radius 2 is 1.73 bits per heavy atom. The van der Waals surface area contributed by atoms with Crippen molar-refractivity contribution >= 4 is 34.2 Å². The maximum absolute atomic E-state index is 12.4. The molecule has 2 aromatic carbocycles. The Labute approximate surface area is 189 Å². The zero-order valence-corrected chi connectivity index (χ0v) is 19.3. The Morgan fingerprint density at radius 3 is 2.37 bits per heavy atom. The molecule has 30 heavy (non-hydrogen) atoms. The number of aromatic nitrogens is 2. The Bertz CT molecular complexity index is 1000. The number of ether oxygens (including phenoxy) is 3. The van der Waals surface area contributed by atoms with Crippen molar-refractivity contribution in [3.63, 3.8) is 0 Å². The highest BCUT2D eigenvalue weighted by atomic mass is 127. The number of rotatable bonds is 9. The van der Waals surface area contributed by atoms with Gasteiger partial charge in [0.15, 0.2) is 17.2 Å². The Hall–Kier alpha value is -2.75. The van der Waals surface area contributed by atoms with Crippen molar-refractivity contribution in [1.82, 2.24) is 9.78 Å². The molecule has 0 aliphatic heterocycles. The van der Waals surface area contributed by atoms with Crippen LogP contribution in [0.2, 0.25) is 0 Å². The molecule has 8 heteroatoms. The zero-order chi connectivity index (χ0) is 21.5. The summed E-state index contributed by atoms with van der Waals surface area (Å²) >= 11 is 2.09. The molecule has 0 atom stereocenters. The minimum atomic E-state index is -0.244. The van der Waals surface area contributed by atoms with E-state index in [1.165, 1.54) is 0 Å². The molecule has 0 spiro atoms. The number of carbonyl (C=O) groups is 1. The summed E-state index contributed by atoms with van der Waals surface area (Å²) in [7, 11) is 1.78. The molecule has 0 aliphatic rings. The molecule has 1 aromatic heterocycles. The lowest BCUT2D eigenvalue weighted by Crippen LogP contribution is -2.14. The molecule has 0 bridgehead atoms. The van der Waals surface area contributed by atoms with E-state index < -0.39 is 0 Å². The lowest BCUT2D eigenvalue weighted by atomic mass is 10.2. The van der Waals surface area contributed by atoms with Gasteiger partial charge in [0.2, 0.25) is 0 Å². The SMILES string of the molecule is CCOc1ccc(COc2ccc(NC(=O)c3nn(C)cc3I)cc2)cc1OCC. The van der Waals surface area contributed by atoms with Crippen LogP contribution in [0.5, 0.6) is 17.2 Å². The standard InChI is InChI=1S/C22H24IN3O4/c1-4-28-19-11-6-15(12-20(19)29-5-2)14-30-17-9-7-16(8-10-17)24-22(27)21-18(23)13-26(3)25-21/h6-13H,4-5,14H2,1-3H3,(H,24,27). The number of nitrogens with zero attached hydrogens (tertiary/aromatic N) is 2. The van der Waals surface area contributed by atoms with E-state index in [0.717, 1.165) is 14.9 Å². The van der Waals surface area contributed by atoms with Crippen molar-refractivity contribution in [2.75, 3.05) is 18.5 Å². The van der Waals surface area contributed by atoms with E-state index in [4.69, 9.17) is 14.2 Å². The van der Waals surface area contributed by atoms with Crippen molar-refractivity contribution in [3.05, 3.63) is 63.5 Å². The second-order valence-electron chi connectivity index (χ2n) is 6.41. The van der Waals surface area contributed by atoms with Gasteiger partial charge < -0.3 is 19.5 Å². The van der Waals surface area contributed by atoms with E-state index in [1.807, 2.05) is 44.2 Å². The molecule has 1 amide bonds. The summed E-state index contributed by atoms with van der Waals surface area (Å²) in [4.78, 5) is 12.4. The highest BCUT2D eigenvalue weighted by Gasteiger charge is 2.14. The van der Waals surface area contributed by atoms with Crippen LogP contribution < -0.4 is 19.5 Å². The molecule has 0 saturated carbocycles. The topological polar surface area (TPSA) is 74.6 Å². The van der Waals surface area contributed by atoms with Gasteiger partial charge in [-0.25, -0.2) is 0 Å². The molecule has 158 valence electrons. The molecule has 0 aliphatic carbocycles. The highest BCUT2D eigenvalue weighted by molar-refractivity contribution is 14.1. The maximum Gasteiger partial charge on any atom is 0.277 e. The number of hydrogen-bond donors (Lipinski definition) is 1. The second-order valence-corrected chi connectivity index (χ2v) is 7.58. The van der Waals surface area contributed by atoms with Gasteiger partial charge in [-0.3, -0.25) is 9.48 Å². The van der Waals surface area contributed by atoms with Gasteiger partial charge in [0.1, 0.15) is 12.4 Å². The maximum atomic E-state index is 12.4. The fraction of sp³-hybridized carbons (Fsp3) is 0.273. The first kappa shape index (κ1) is 21.9. The number of nitrogens with one attached hydrogen (secondary N) is 1. The minimum Gasteiger partial charge on any atom is -0.490 e. The van der Waals surface area contributed by atoms with E-state index in [2.05, 4.69) is 33.0 Å². The van der Waals surface area contributed by atoms with Crippen molar-refractivity contribution in [1.29, 1.82) is 0 Å². The van der Waals surface area contributed by atoms with Gasteiger partial charge in [-0.15, -0.1) is 0 Å². The van der Waals surface area contributed by atoms with E-state index in [-0.39, 0.29) is 5.91 Å². The Morgan fingerprint density at radius 1 is 1.03 bits per heavy atom. The number of amides is 1. The van der Waals surface area contributed by atoms with Crippen LogP contribution in [-0.2, 0) is 13.7 Å². The van der Waals surface area contributed by atoms with E-state index in [1.54, 1.807) is 30.1 Å². The van der Waals surface area contributed by atoms with E-state index in [9.17, 15) is 4.79 Å². The molecule has 0 unspecified atom stereocenters. The van der Waals surface area contributed by atoms with Gasteiger partial charge in [0.25, 0.3) is 5.91 Å². The first-order valence-electron chi connectivity index (χ1n) is 9.62. The molecular formula is C22H24IN3O4. The first-order valence-corrected chi connectivity index (χ1v) is 10.7. The van der Waals surface area contributed by atoms with E-state index in [0.29, 0.717) is 42.7 Å². The van der Waals surface area contributed by atoms with Crippen LogP contribution >= 0.6 is 22.6 Å². The predicted molar refractivity (Wildman–Crippen MR) is 123 cm³/mol. The summed E-state index contributed by atoms with van der Waals surface area (Å²) in [6, 6.07) is 13.0. The Balaban J connectivity index is 1.60. The third kappa shape index (κ3) is 5.65. The quantitative estimate of drug-likeness (QED) is 0.415. The molecule has 0 saturated heterocycles. The van der Waals surface area contributed by atoms with Gasteiger partial charge >= 0.3 is 0 Å². The van der Waals surface area contributed by atoms with Crippen LogP contribution in [-0.4, -0.2) is 28.9 Å². The van der Waals surface area contributed by atoms with Crippen molar-refractivity contribution < 1.29 is 19.0 Å². The average molecular weight is 521 g/mol. The van der Waals surface area contributed by atoms with Gasteiger partial charge in [-0.1, -0.05) is 6.07 Å². The van der Waals surface area contributed by atoms with Gasteiger partial charge in [0.05, 0.1) is 16.8 Å². The minimum absolute atomic E-state index is 0.244. The number of anilines is 1. The summed E-state index contributed by atoms with van der Waals surface area (Å²) in [5, 5.41) is 7.03. The number of aryl methyl sites for hydroxylation is 1. The van der Waals surface area contributed by atoms with Crippen LogP contribution in [0, 0.1) is 3.57 Å². The van der Waals surface area contributed by atoms with Crippen molar-refractivity contribution in [2.45, 2.75) is 20.5 Å².